The summed E-state index contributed by atoms with van der Waals surface area (Å²) in [5.41, 5.74) is 0. The van der Waals surface area contributed by atoms with Crippen molar-refractivity contribution in [2.24, 2.45) is 73.0 Å². The monoisotopic (exact) mass is 281 g/mol. The van der Waals surface area contributed by atoms with Gasteiger partial charge < -0.3 is 5.84 Å². The van der Waals surface area contributed by atoms with Gasteiger partial charge in [0.2, 0.25) is 0 Å². The molecule has 0 heterocycles. The Balaban J connectivity index is 3.80. The van der Waals surface area contributed by atoms with Crippen molar-refractivity contribution in [2.75, 3.05) is 0 Å². The number of rotatable bonds is 6. The van der Waals surface area contributed by atoms with Crippen LogP contribution >= 0.6 is 0 Å². The Hall–Kier alpha value is -2.00. The molecule has 16 heteroatoms. The van der Waals surface area contributed by atoms with E-state index in [0.717, 1.165) is 9.21 Å². The van der Waals surface area contributed by atoms with Gasteiger partial charge in [-0.1, -0.05) is 5.22 Å². The molecular formula is H2N14SV. The van der Waals surface area contributed by atoms with Gasteiger partial charge >= 0.3 is 81.6 Å². The molecule has 0 aliphatic heterocycles. The zero-order valence-electron chi connectivity index (χ0n) is 7.25. The minimum atomic E-state index is 1.05. The van der Waals surface area contributed by atoms with Crippen LogP contribution in [0.2, 0.25) is 0 Å². The first-order valence-corrected chi connectivity index (χ1v) is 5.46. The molecule has 0 aliphatic rings. The van der Waals surface area contributed by atoms with Crippen molar-refractivity contribution in [1.82, 2.24) is 0 Å². The first kappa shape index (κ1) is 14.0. The molecular weight excluding hydrogens is 279 g/mol. The van der Waals surface area contributed by atoms with Crippen molar-refractivity contribution < 1.29 is 15.7 Å². The zero-order valence-corrected chi connectivity index (χ0v) is 9.46. The molecule has 0 bridgehead atoms. The minimum absolute atomic E-state index is 1.05. The molecule has 0 aromatic carbocycles. The fourth-order valence-electron chi connectivity index (χ4n) is 0.217. The van der Waals surface area contributed by atoms with E-state index < -0.39 is 0 Å². The summed E-state index contributed by atoms with van der Waals surface area (Å²) in [4.78, 5) is 0. The van der Waals surface area contributed by atoms with Crippen LogP contribution in [0.4, 0.5) is 0 Å². The summed E-state index contributed by atoms with van der Waals surface area (Å²) in [6.45, 7) is 0. The topological polar surface area (TPSA) is 187 Å². The van der Waals surface area contributed by atoms with E-state index in [1.807, 2.05) is 0 Å². The molecule has 0 saturated carbocycles. The van der Waals surface area contributed by atoms with E-state index in [0.29, 0.717) is 0 Å². The molecule has 0 rings (SSSR count). The Kier molecular flexibility index (Phi) is 11.4. The average Bonchev–Trinajstić information content (AvgIpc) is 2.31. The molecule has 0 saturated heterocycles. The Labute approximate surface area is 98.2 Å². The maximum atomic E-state index is 4.59. The van der Waals surface area contributed by atoms with Crippen LogP contribution in [0.15, 0.2) is 67.2 Å². The fourth-order valence-corrected chi connectivity index (χ4v) is 0.435. The molecule has 0 fully saturated rings. The van der Waals surface area contributed by atoms with Gasteiger partial charge in [0.05, 0.1) is 0 Å². The molecule has 0 spiro atoms. The molecule has 2 N–H and O–H groups in total. The Morgan fingerprint density at radius 3 is 1.38 bits per heavy atom. The third-order valence-electron chi connectivity index (χ3n) is 0.525. The normalized spacial score (nSPS) is 13.2. The van der Waals surface area contributed by atoms with Crippen molar-refractivity contribution >= 4 is 9.21 Å². The number of nitrogens with two attached hydrogens (primary N) is 1. The van der Waals surface area contributed by atoms with Crippen LogP contribution < -0.4 is 5.84 Å². The fraction of sp³-hybridized carbons (Fsp3) is 0. The standard InChI is InChI=1S/H2N14S.V/c1-2-3-4-5-6-7-8-9-10-11-12-13-14-15;/h(H2,1,3,5,7,9,11,13,15);. The first-order chi connectivity index (χ1) is 7.91. The Bertz CT molecular complexity index is 376. The van der Waals surface area contributed by atoms with Crippen LogP contribution in [0.25, 0.3) is 0 Å². The zero-order chi connectivity index (χ0) is 11.9. The predicted molar refractivity (Wildman–Crippen MR) is 43.1 cm³/mol. The molecule has 0 radical (unpaired) electrons. The second kappa shape index (κ2) is 13.0. The van der Waals surface area contributed by atoms with Crippen LogP contribution in [0.1, 0.15) is 0 Å². The van der Waals surface area contributed by atoms with E-state index in [9.17, 15) is 0 Å². The third kappa shape index (κ3) is 12.0. The van der Waals surface area contributed by atoms with Crippen LogP contribution in [-0.2, 0) is 24.9 Å². The molecule has 14 nitrogen and oxygen atoms in total. The second-order valence-electron chi connectivity index (χ2n) is 1.26. The van der Waals surface area contributed by atoms with Gasteiger partial charge in [-0.3, -0.25) is 0 Å². The van der Waals surface area contributed by atoms with E-state index in [1.165, 1.54) is 0 Å². The average molecular weight is 281 g/mol. The van der Waals surface area contributed by atoms with Crippen molar-refractivity contribution in [3.05, 3.63) is 0 Å². The molecule has 83 valence electrons. The van der Waals surface area contributed by atoms with Gasteiger partial charge in [0.1, 0.15) is 0 Å². The number of nitrogens with zero attached hydrogens (tertiary/aromatic N) is 13. The van der Waals surface area contributed by atoms with Crippen molar-refractivity contribution in [3.63, 3.8) is 0 Å². The number of hydrogen-bond donors (Lipinski definition) is 1. The van der Waals surface area contributed by atoms with Gasteiger partial charge in [-0.05, 0) is 5.22 Å². The first-order valence-electron chi connectivity index (χ1n) is 3.02. The van der Waals surface area contributed by atoms with Gasteiger partial charge in [-0.25, -0.2) is 0 Å². The van der Waals surface area contributed by atoms with Gasteiger partial charge in [-0.2, -0.15) is 0 Å². The maximum absolute atomic E-state index is 4.59. The molecule has 0 atom stereocenters. The SMILES string of the molecule is N/N=N/N=N/N=N/N=N/N=N/N=N/N=[S]=[V]. The summed E-state index contributed by atoms with van der Waals surface area (Å²) < 4.78 is 3.37. The molecule has 0 unspecified atom stereocenters. The summed E-state index contributed by atoms with van der Waals surface area (Å²) in [6, 6.07) is 0. The van der Waals surface area contributed by atoms with E-state index >= 15 is 0 Å². The molecule has 0 aromatic rings. The summed E-state index contributed by atoms with van der Waals surface area (Å²) in [7, 11) is 1.05. The van der Waals surface area contributed by atoms with E-state index in [1.54, 1.807) is 0 Å². The summed E-state index contributed by atoms with van der Waals surface area (Å²) >= 11 is 2.10. The van der Waals surface area contributed by atoms with Crippen molar-refractivity contribution in [3.8, 4) is 0 Å². The Morgan fingerprint density at radius 2 is 1.00 bits per heavy atom. The molecule has 0 aliphatic carbocycles. The molecule has 16 heavy (non-hydrogen) atoms. The van der Waals surface area contributed by atoms with Crippen molar-refractivity contribution in [2.45, 2.75) is 0 Å². The third-order valence-corrected chi connectivity index (χ3v) is 1.01. The molecule has 0 aromatic heterocycles. The van der Waals surface area contributed by atoms with E-state index in [4.69, 9.17) is 0 Å². The van der Waals surface area contributed by atoms with E-state index in [2.05, 4.69) is 88.7 Å². The van der Waals surface area contributed by atoms with Gasteiger partial charge in [0.25, 0.3) is 0 Å². The Morgan fingerprint density at radius 1 is 0.625 bits per heavy atom. The van der Waals surface area contributed by atoms with Gasteiger partial charge in [-0.15, -0.1) is 0 Å². The summed E-state index contributed by atoms with van der Waals surface area (Å²) in [6.07, 6.45) is 0. The molecule has 0 amide bonds. The van der Waals surface area contributed by atoms with Crippen LogP contribution in [0.3, 0.4) is 0 Å². The predicted octanol–water partition coefficient (Wildman–Crippen LogP) is 1.79. The second-order valence-corrected chi connectivity index (χ2v) is 2.35. The van der Waals surface area contributed by atoms with Gasteiger partial charge in [0.15, 0.2) is 0 Å². The van der Waals surface area contributed by atoms with Crippen molar-refractivity contribution in [1.29, 1.82) is 0 Å². The van der Waals surface area contributed by atoms with Crippen LogP contribution in [0, 0.1) is 0 Å². The van der Waals surface area contributed by atoms with Crippen LogP contribution in [-0.4, -0.2) is 0 Å². The van der Waals surface area contributed by atoms with Crippen LogP contribution in [0.5, 0.6) is 0 Å². The van der Waals surface area contributed by atoms with Gasteiger partial charge in [0, 0.05) is 0 Å². The summed E-state index contributed by atoms with van der Waals surface area (Å²) in [5, 5.41) is 36.0. The number of hydrogen-bond acceptors (Lipinski definition) is 1. The summed E-state index contributed by atoms with van der Waals surface area (Å²) in [5.74, 6) is 4.59. The quantitative estimate of drug-likeness (QED) is 0.434. The van der Waals surface area contributed by atoms with E-state index in [-0.39, 0.29) is 0 Å².